The zero-order valence-electron chi connectivity index (χ0n) is 18.6. The summed E-state index contributed by atoms with van der Waals surface area (Å²) >= 11 is 0. The van der Waals surface area contributed by atoms with Gasteiger partial charge in [0.2, 0.25) is 5.95 Å². The second-order valence-corrected chi connectivity index (χ2v) is 8.43. The Hall–Kier alpha value is -3.13. The van der Waals surface area contributed by atoms with Crippen LogP contribution in [0.4, 0.5) is 17.5 Å². The molecule has 2 aromatic rings. The average molecular weight is 435 g/mol. The molecule has 0 aliphatic carbocycles. The molecule has 0 atom stereocenters. The van der Waals surface area contributed by atoms with E-state index in [1.54, 1.807) is 13.3 Å². The molecule has 32 heavy (non-hydrogen) atoms. The summed E-state index contributed by atoms with van der Waals surface area (Å²) in [4.78, 5) is 18.2. The summed E-state index contributed by atoms with van der Waals surface area (Å²) in [6.07, 6.45) is 7.42. The zero-order chi connectivity index (χ0) is 21.8. The molecule has 1 N–H and O–H groups in total. The molecule has 3 aliphatic rings. The number of likely N-dealkylation sites (tertiary alicyclic amines) is 1. The first kappa shape index (κ1) is 20.8. The van der Waals surface area contributed by atoms with Gasteiger partial charge in [-0.25, -0.2) is 4.98 Å². The smallest absolute Gasteiger partial charge is 0.229 e. The van der Waals surface area contributed by atoms with Crippen molar-refractivity contribution < 1.29 is 9.47 Å². The second kappa shape index (κ2) is 9.56. The largest absolute Gasteiger partial charge is 0.493 e. The summed E-state index contributed by atoms with van der Waals surface area (Å²) < 4.78 is 11.5. The Balaban J connectivity index is 1.21. The Morgan fingerprint density at radius 3 is 2.84 bits per heavy atom. The Morgan fingerprint density at radius 2 is 2.00 bits per heavy atom. The summed E-state index contributed by atoms with van der Waals surface area (Å²) in [6, 6.07) is 7.77. The lowest BCUT2D eigenvalue weighted by atomic mass is 10.2. The van der Waals surface area contributed by atoms with E-state index in [9.17, 15) is 0 Å². The Kier molecular flexibility index (Phi) is 6.20. The van der Waals surface area contributed by atoms with Crippen LogP contribution in [-0.2, 0) is 0 Å². The van der Waals surface area contributed by atoms with Crippen LogP contribution < -0.4 is 19.7 Å². The molecular weight excluding hydrogens is 404 g/mol. The second-order valence-electron chi connectivity index (χ2n) is 8.43. The zero-order valence-corrected chi connectivity index (χ0v) is 18.6. The predicted molar refractivity (Wildman–Crippen MR) is 127 cm³/mol. The number of hydrogen-bond acceptors (Lipinski definition) is 8. The summed E-state index contributed by atoms with van der Waals surface area (Å²) in [5, 5.41) is 3.31. The highest BCUT2D eigenvalue weighted by molar-refractivity contribution is 5.86. The first-order chi connectivity index (χ1) is 15.8. The molecule has 0 saturated carbocycles. The van der Waals surface area contributed by atoms with Gasteiger partial charge in [0, 0.05) is 43.8 Å². The maximum absolute atomic E-state index is 6.06. The number of hydrogen-bond donors (Lipinski definition) is 1. The van der Waals surface area contributed by atoms with Gasteiger partial charge in [-0.15, -0.1) is 0 Å². The third-order valence-electron chi connectivity index (χ3n) is 6.19. The van der Waals surface area contributed by atoms with E-state index in [0.717, 1.165) is 55.6 Å². The van der Waals surface area contributed by atoms with E-state index < -0.39 is 0 Å². The highest BCUT2D eigenvalue weighted by atomic mass is 16.5. The van der Waals surface area contributed by atoms with Gasteiger partial charge in [-0.3, -0.25) is 4.99 Å². The molecule has 0 unspecified atom stereocenters. The molecule has 3 aliphatic heterocycles. The van der Waals surface area contributed by atoms with Crippen LogP contribution in [0.5, 0.6) is 11.5 Å². The summed E-state index contributed by atoms with van der Waals surface area (Å²) in [7, 11) is 1.66. The number of rotatable bonds is 9. The lowest BCUT2D eigenvalue weighted by Gasteiger charge is -2.19. The average Bonchev–Trinajstić information content (AvgIpc) is 3.55. The van der Waals surface area contributed by atoms with E-state index in [1.165, 1.54) is 37.1 Å². The quantitative estimate of drug-likeness (QED) is 0.607. The normalized spacial score (nSPS) is 17.8. The lowest BCUT2D eigenvalue weighted by Crippen LogP contribution is -2.23. The number of ether oxygens (including phenoxy) is 2. The fourth-order valence-electron chi connectivity index (χ4n) is 4.48. The van der Waals surface area contributed by atoms with Gasteiger partial charge in [0.1, 0.15) is 5.82 Å². The minimum absolute atomic E-state index is 0.563. The van der Waals surface area contributed by atoms with Crippen LogP contribution in [0.1, 0.15) is 19.3 Å². The van der Waals surface area contributed by atoms with Crippen LogP contribution in [-0.4, -0.2) is 74.1 Å². The molecule has 168 valence electrons. The van der Waals surface area contributed by atoms with Crippen molar-refractivity contribution >= 4 is 23.7 Å². The first-order valence-corrected chi connectivity index (χ1v) is 11.4. The third-order valence-corrected chi connectivity index (χ3v) is 6.19. The molecule has 0 radical (unpaired) electrons. The van der Waals surface area contributed by atoms with Crippen molar-refractivity contribution in [3.8, 4) is 11.5 Å². The van der Waals surface area contributed by atoms with Gasteiger partial charge in [-0.2, -0.15) is 4.98 Å². The topological polar surface area (TPSA) is 75.1 Å². The van der Waals surface area contributed by atoms with E-state index in [4.69, 9.17) is 14.5 Å². The molecule has 0 spiro atoms. The van der Waals surface area contributed by atoms with Gasteiger partial charge in [-0.05, 0) is 61.7 Å². The number of benzene rings is 1. The highest BCUT2D eigenvalue weighted by Gasteiger charge is 2.24. The summed E-state index contributed by atoms with van der Waals surface area (Å²) in [6.45, 7) is 6.72. The van der Waals surface area contributed by atoms with Crippen LogP contribution >= 0.6 is 0 Å². The van der Waals surface area contributed by atoms with Crippen molar-refractivity contribution in [1.29, 1.82) is 0 Å². The SMILES string of the molecule is COc1ccc(Nc2nccc(N3CC4=C(CN=C4)C3)n2)cc1OCCCN1CCCC1. The fraction of sp³-hybridized carbons (Fsp3) is 0.458. The van der Waals surface area contributed by atoms with Gasteiger partial charge in [-0.1, -0.05) is 0 Å². The molecule has 1 saturated heterocycles. The van der Waals surface area contributed by atoms with Crippen molar-refractivity contribution in [2.24, 2.45) is 4.99 Å². The standard InChI is InChI=1S/C24H30N6O2/c1-31-21-6-5-20(13-22(21)32-12-4-11-29-9-2-3-10-29)27-24-26-8-7-23(28-24)30-16-18-14-25-15-19(18)17-30/h5-8,13-14H,2-4,9-12,15-17H2,1H3,(H,26,27,28). The maximum Gasteiger partial charge on any atom is 0.229 e. The Bertz CT molecular complexity index is 1020. The first-order valence-electron chi connectivity index (χ1n) is 11.4. The molecular formula is C24H30N6O2. The number of nitrogens with zero attached hydrogens (tertiary/aromatic N) is 5. The molecule has 1 aromatic heterocycles. The van der Waals surface area contributed by atoms with Gasteiger partial charge >= 0.3 is 0 Å². The van der Waals surface area contributed by atoms with Crippen molar-refractivity contribution in [2.45, 2.75) is 19.3 Å². The molecule has 8 heteroatoms. The molecule has 0 bridgehead atoms. The Labute approximate surface area is 189 Å². The van der Waals surface area contributed by atoms with Gasteiger partial charge in [0.25, 0.3) is 0 Å². The number of aromatic nitrogens is 2. The number of methoxy groups -OCH3 is 1. The van der Waals surface area contributed by atoms with Crippen LogP contribution in [0.3, 0.4) is 0 Å². The highest BCUT2D eigenvalue weighted by Crippen LogP contribution is 2.32. The van der Waals surface area contributed by atoms with Gasteiger partial charge < -0.3 is 24.6 Å². The number of anilines is 3. The molecule has 0 amide bonds. The molecule has 5 rings (SSSR count). The van der Waals surface area contributed by atoms with Gasteiger partial charge in [0.05, 0.1) is 20.3 Å². The van der Waals surface area contributed by atoms with Gasteiger partial charge in [0.15, 0.2) is 11.5 Å². The molecule has 1 aromatic carbocycles. The van der Waals surface area contributed by atoms with Crippen LogP contribution in [0.25, 0.3) is 0 Å². The number of nitrogens with one attached hydrogen (secondary N) is 1. The molecule has 8 nitrogen and oxygen atoms in total. The maximum atomic E-state index is 6.06. The minimum atomic E-state index is 0.563. The van der Waals surface area contributed by atoms with Crippen LogP contribution in [0.15, 0.2) is 46.6 Å². The van der Waals surface area contributed by atoms with Crippen molar-refractivity contribution in [2.75, 3.05) is 63.2 Å². The van der Waals surface area contributed by atoms with E-state index in [-0.39, 0.29) is 0 Å². The number of aliphatic imine (C=N–C) groups is 1. The monoisotopic (exact) mass is 434 g/mol. The van der Waals surface area contributed by atoms with E-state index >= 15 is 0 Å². The molecule has 1 fully saturated rings. The van der Waals surface area contributed by atoms with Crippen molar-refractivity contribution in [3.05, 3.63) is 41.6 Å². The fourth-order valence-corrected chi connectivity index (χ4v) is 4.48. The predicted octanol–water partition coefficient (Wildman–Crippen LogP) is 3.29. The Morgan fingerprint density at radius 1 is 1.09 bits per heavy atom. The summed E-state index contributed by atoms with van der Waals surface area (Å²) in [5.41, 5.74) is 3.58. The lowest BCUT2D eigenvalue weighted by molar-refractivity contribution is 0.254. The summed E-state index contributed by atoms with van der Waals surface area (Å²) in [5.74, 6) is 2.94. The van der Waals surface area contributed by atoms with Crippen LogP contribution in [0, 0.1) is 0 Å². The van der Waals surface area contributed by atoms with Crippen LogP contribution in [0.2, 0.25) is 0 Å². The van der Waals surface area contributed by atoms with E-state index in [1.807, 2.05) is 30.5 Å². The van der Waals surface area contributed by atoms with Crippen molar-refractivity contribution in [3.63, 3.8) is 0 Å². The minimum Gasteiger partial charge on any atom is -0.493 e. The molecule has 4 heterocycles. The third kappa shape index (κ3) is 4.70. The van der Waals surface area contributed by atoms with E-state index in [0.29, 0.717) is 12.6 Å². The van der Waals surface area contributed by atoms with E-state index in [2.05, 4.69) is 25.1 Å². The van der Waals surface area contributed by atoms with Crippen molar-refractivity contribution in [1.82, 2.24) is 14.9 Å².